The average molecular weight is 247 g/mol. The minimum atomic E-state index is -0.338. The van der Waals surface area contributed by atoms with Gasteiger partial charge in [-0.2, -0.15) is 4.52 Å². The summed E-state index contributed by atoms with van der Waals surface area (Å²) in [6.07, 6.45) is 1.35. The van der Waals surface area contributed by atoms with Gasteiger partial charge in [0.05, 0.1) is 19.4 Å². The van der Waals surface area contributed by atoms with Crippen LogP contribution in [0.3, 0.4) is 0 Å². The predicted octanol–water partition coefficient (Wildman–Crippen LogP) is -0.492. The van der Waals surface area contributed by atoms with Gasteiger partial charge in [0.1, 0.15) is 11.5 Å². The van der Waals surface area contributed by atoms with E-state index in [1.54, 1.807) is 6.07 Å². The summed E-state index contributed by atoms with van der Waals surface area (Å²) in [5.41, 5.74) is 5.80. The number of fused-ring (bicyclic) bond motifs is 1. The highest BCUT2D eigenvalue weighted by atomic mass is 16.5. The highest BCUT2D eigenvalue weighted by molar-refractivity contribution is 5.48. The number of morpholine rings is 1. The highest BCUT2D eigenvalue weighted by Crippen LogP contribution is 2.12. The minimum absolute atomic E-state index is 0.0964. The largest absolute Gasteiger partial charge is 0.393 e. The second-order valence-electron chi connectivity index (χ2n) is 4.08. The third-order valence-electron chi connectivity index (χ3n) is 2.91. The van der Waals surface area contributed by atoms with Crippen molar-refractivity contribution in [3.8, 4) is 0 Å². The molecule has 1 saturated heterocycles. The third-order valence-corrected chi connectivity index (χ3v) is 2.91. The molecule has 0 atom stereocenters. The molecule has 2 N–H and O–H groups in total. The zero-order valence-electron chi connectivity index (χ0n) is 9.74. The van der Waals surface area contributed by atoms with Crippen LogP contribution in [0.4, 0.5) is 11.5 Å². The first-order valence-corrected chi connectivity index (χ1v) is 5.73. The Morgan fingerprint density at radius 2 is 2.06 bits per heavy atom. The van der Waals surface area contributed by atoms with Crippen molar-refractivity contribution < 1.29 is 4.74 Å². The summed E-state index contributed by atoms with van der Waals surface area (Å²) in [5.74, 6) is 0.736. The van der Waals surface area contributed by atoms with Crippen molar-refractivity contribution >= 4 is 17.2 Å². The molecule has 94 valence electrons. The van der Waals surface area contributed by atoms with Crippen molar-refractivity contribution in [2.45, 2.75) is 0 Å². The van der Waals surface area contributed by atoms with Gasteiger partial charge in [0, 0.05) is 13.1 Å². The summed E-state index contributed by atoms with van der Waals surface area (Å²) in [4.78, 5) is 18.0. The van der Waals surface area contributed by atoms with Gasteiger partial charge in [-0.05, 0) is 12.1 Å². The number of hydrogen-bond donors (Lipinski definition) is 1. The summed E-state index contributed by atoms with van der Waals surface area (Å²) >= 11 is 0. The Balaban J connectivity index is 2.09. The zero-order chi connectivity index (χ0) is 12.5. The van der Waals surface area contributed by atoms with Crippen molar-refractivity contribution in [2.75, 3.05) is 36.9 Å². The van der Waals surface area contributed by atoms with E-state index in [2.05, 4.69) is 15.0 Å². The van der Waals surface area contributed by atoms with Crippen LogP contribution in [0.1, 0.15) is 0 Å². The topological polar surface area (TPSA) is 85.8 Å². The molecular formula is C11H13N5O2. The van der Waals surface area contributed by atoms with Gasteiger partial charge in [-0.15, -0.1) is 5.10 Å². The number of ether oxygens (including phenoxy) is 1. The Kier molecular flexibility index (Phi) is 2.60. The van der Waals surface area contributed by atoms with E-state index < -0.39 is 0 Å². The summed E-state index contributed by atoms with van der Waals surface area (Å²) < 4.78 is 6.52. The van der Waals surface area contributed by atoms with Crippen molar-refractivity contribution in [3.05, 3.63) is 28.7 Å². The molecule has 2 aromatic heterocycles. The fraction of sp³-hybridized carbons (Fsp3) is 0.364. The standard InChI is InChI=1S/C11H13N5O2/c12-8-7-13-9-1-2-10(14-16(9)11(8)17)15-3-5-18-6-4-15/h1-2,7H,3-6,12H2. The van der Waals surface area contributed by atoms with Crippen LogP contribution in [0.2, 0.25) is 0 Å². The molecule has 0 aliphatic carbocycles. The zero-order valence-corrected chi connectivity index (χ0v) is 9.74. The van der Waals surface area contributed by atoms with E-state index in [1.165, 1.54) is 10.7 Å². The van der Waals surface area contributed by atoms with Crippen LogP contribution in [0.15, 0.2) is 23.1 Å². The van der Waals surface area contributed by atoms with Crippen LogP contribution in [-0.2, 0) is 4.74 Å². The molecule has 1 aliphatic heterocycles. The monoisotopic (exact) mass is 247 g/mol. The van der Waals surface area contributed by atoms with E-state index in [-0.39, 0.29) is 11.2 Å². The van der Waals surface area contributed by atoms with Crippen molar-refractivity contribution in [1.29, 1.82) is 0 Å². The fourth-order valence-corrected chi connectivity index (χ4v) is 1.93. The second-order valence-corrected chi connectivity index (χ2v) is 4.08. The Morgan fingerprint density at radius 1 is 1.28 bits per heavy atom. The minimum Gasteiger partial charge on any atom is -0.393 e. The van der Waals surface area contributed by atoms with Gasteiger partial charge in [-0.3, -0.25) is 4.79 Å². The van der Waals surface area contributed by atoms with E-state index in [1.807, 2.05) is 6.07 Å². The second kappa shape index (κ2) is 4.26. The maximum Gasteiger partial charge on any atom is 0.297 e. The van der Waals surface area contributed by atoms with Crippen molar-refractivity contribution in [1.82, 2.24) is 14.6 Å². The molecule has 3 heterocycles. The first kappa shape index (κ1) is 11.0. The van der Waals surface area contributed by atoms with Gasteiger partial charge in [-0.25, -0.2) is 4.98 Å². The third kappa shape index (κ3) is 1.78. The lowest BCUT2D eigenvalue weighted by atomic mass is 10.4. The number of nitrogen functional groups attached to an aromatic ring is 1. The Labute approximate surface area is 103 Å². The first-order valence-electron chi connectivity index (χ1n) is 5.73. The fourth-order valence-electron chi connectivity index (χ4n) is 1.93. The molecule has 0 amide bonds. The quantitative estimate of drug-likeness (QED) is 0.731. The van der Waals surface area contributed by atoms with Gasteiger partial charge >= 0.3 is 0 Å². The number of aromatic nitrogens is 3. The first-order chi connectivity index (χ1) is 8.75. The van der Waals surface area contributed by atoms with Crippen LogP contribution >= 0.6 is 0 Å². The van der Waals surface area contributed by atoms with E-state index in [0.29, 0.717) is 18.9 Å². The van der Waals surface area contributed by atoms with Crippen LogP contribution in [0.25, 0.3) is 5.65 Å². The average Bonchev–Trinajstić information content (AvgIpc) is 2.44. The number of nitrogens with two attached hydrogens (primary N) is 1. The summed E-state index contributed by atoms with van der Waals surface area (Å²) in [5, 5.41) is 4.29. The van der Waals surface area contributed by atoms with Crippen LogP contribution in [-0.4, -0.2) is 40.9 Å². The molecule has 3 rings (SSSR count). The molecule has 7 heteroatoms. The van der Waals surface area contributed by atoms with E-state index in [9.17, 15) is 4.79 Å². The van der Waals surface area contributed by atoms with Crippen molar-refractivity contribution in [2.24, 2.45) is 0 Å². The molecular weight excluding hydrogens is 234 g/mol. The number of nitrogens with zero attached hydrogens (tertiary/aromatic N) is 4. The molecule has 18 heavy (non-hydrogen) atoms. The summed E-state index contributed by atoms with van der Waals surface area (Å²) in [6.45, 7) is 2.87. The molecule has 0 radical (unpaired) electrons. The lowest BCUT2D eigenvalue weighted by Crippen LogP contribution is -2.37. The maximum atomic E-state index is 11.9. The number of hydrogen-bond acceptors (Lipinski definition) is 6. The Bertz CT molecular complexity index is 633. The molecule has 0 saturated carbocycles. The van der Waals surface area contributed by atoms with Crippen LogP contribution < -0.4 is 16.2 Å². The van der Waals surface area contributed by atoms with Gasteiger partial charge < -0.3 is 15.4 Å². The van der Waals surface area contributed by atoms with E-state index >= 15 is 0 Å². The summed E-state index contributed by atoms with van der Waals surface area (Å²) in [7, 11) is 0. The molecule has 2 aromatic rings. The van der Waals surface area contributed by atoms with Gasteiger partial charge in [-0.1, -0.05) is 0 Å². The highest BCUT2D eigenvalue weighted by Gasteiger charge is 2.13. The summed E-state index contributed by atoms with van der Waals surface area (Å²) in [6, 6.07) is 3.61. The van der Waals surface area contributed by atoms with E-state index in [0.717, 1.165) is 18.9 Å². The number of rotatable bonds is 1. The van der Waals surface area contributed by atoms with Gasteiger partial charge in [0.25, 0.3) is 5.56 Å². The molecule has 0 unspecified atom stereocenters. The normalized spacial score (nSPS) is 16.1. The van der Waals surface area contributed by atoms with Crippen molar-refractivity contribution in [3.63, 3.8) is 0 Å². The van der Waals surface area contributed by atoms with Crippen LogP contribution in [0, 0.1) is 0 Å². The molecule has 1 fully saturated rings. The molecule has 7 nitrogen and oxygen atoms in total. The molecule has 0 spiro atoms. The lowest BCUT2D eigenvalue weighted by Gasteiger charge is -2.27. The van der Waals surface area contributed by atoms with Gasteiger partial charge in [0.15, 0.2) is 5.65 Å². The SMILES string of the molecule is Nc1cnc2ccc(N3CCOCC3)nn2c1=O. The maximum absolute atomic E-state index is 11.9. The molecule has 0 bridgehead atoms. The van der Waals surface area contributed by atoms with E-state index in [4.69, 9.17) is 10.5 Å². The molecule has 0 aromatic carbocycles. The predicted molar refractivity (Wildman–Crippen MR) is 66.7 cm³/mol. The lowest BCUT2D eigenvalue weighted by molar-refractivity contribution is 0.122. The Hall–Kier alpha value is -2.15. The van der Waals surface area contributed by atoms with Gasteiger partial charge in [0.2, 0.25) is 0 Å². The number of anilines is 2. The van der Waals surface area contributed by atoms with Crippen LogP contribution in [0.5, 0.6) is 0 Å². The Morgan fingerprint density at radius 3 is 2.83 bits per heavy atom. The smallest absolute Gasteiger partial charge is 0.297 e. The molecule has 1 aliphatic rings.